The topological polar surface area (TPSA) is 155 Å². The van der Waals surface area contributed by atoms with E-state index in [0.717, 1.165) is 28.8 Å². The van der Waals surface area contributed by atoms with E-state index in [1.807, 2.05) is 42.5 Å². The van der Waals surface area contributed by atoms with Gasteiger partial charge in [-0.15, -0.1) is 0 Å². The summed E-state index contributed by atoms with van der Waals surface area (Å²) >= 11 is 0. The Labute approximate surface area is 263 Å². The third-order valence-electron chi connectivity index (χ3n) is 7.67. The molecular formula is C33H43N7O5. The summed E-state index contributed by atoms with van der Waals surface area (Å²) in [7, 11) is 0. The number of carbonyl (C=O) groups is 5. The summed E-state index contributed by atoms with van der Waals surface area (Å²) in [6.07, 6.45) is 1.55. The molecule has 0 radical (unpaired) electrons. The highest BCUT2D eigenvalue weighted by atomic mass is 16.2. The molecule has 12 nitrogen and oxygen atoms in total. The molecule has 5 amide bonds. The minimum absolute atomic E-state index is 0.0972. The largest absolute Gasteiger partial charge is 0.354 e. The van der Waals surface area contributed by atoms with Crippen LogP contribution in [0.2, 0.25) is 0 Å². The lowest BCUT2D eigenvalue weighted by molar-refractivity contribution is -0.136. The van der Waals surface area contributed by atoms with Gasteiger partial charge >= 0.3 is 0 Å². The molecule has 0 saturated heterocycles. The van der Waals surface area contributed by atoms with Gasteiger partial charge in [0.25, 0.3) is 5.91 Å². The van der Waals surface area contributed by atoms with Crippen molar-refractivity contribution < 1.29 is 24.0 Å². The number of aryl methyl sites for hydroxylation is 1. The molecular weight excluding hydrogens is 574 g/mol. The highest BCUT2D eigenvalue weighted by molar-refractivity contribution is 5.97. The fraction of sp³-hybridized carbons (Fsp3) is 0.455. The number of aromatic nitrogens is 2. The van der Waals surface area contributed by atoms with E-state index < -0.39 is 23.9 Å². The molecule has 0 aliphatic carbocycles. The van der Waals surface area contributed by atoms with Crippen LogP contribution in [0.25, 0.3) is 11.0 Å². The molecule has 4 N–H and O–H groups in total. The third-order valence-corrected chi connectivity index (χ3v) is 7.67. The average Bonchev–Trinajstić information content (AvgIpc) is 3.33. The van der Waals surface area contributed by atoms with E-state index in [2.05, 4.69) is 39.7 Å². The van der Waals surface area contributed by atoms with E-state index in [0.29, 0.717) is 31.0 Å². The molecule has 1 aromatic heterocycles. The molecule has 0 unspecified atom stereocenters. The number of hydrogen-bond acceptors (Lipinski definition) is 6. The highest BCUT2D eigenvalue weighted by Crippen LogP contribution is 2.21. The van der Waals surface area contributed by atoms with Crippen molar-refractivity contribution in [2.75, 3.05) is 26.2 Å². The Morgan fingerprint density at radius 3 is 2.42 bits per heavy atom. The first-order valence-corrected chi connectivity index (χ1v) is 15.5. The monoisotopic (exact) mass is 617 g/mol. The number of fused-ring (bicyclic) bond motifs is 1. The van der Waals surface area contributed by atoms with Crippen LogP contribution in [0.1, 0.15) is 55.9 Å². The molecule has 1 aliphatic rings. The van der Waals surface area contributed by atoms with Gasteiger partial charge in [-0.2, -0.15) is 0 Å². The van der Waals surface area contributed by atoms with Crippen LogP contribution < -0.4 is 21.3 Å². The van der Waals surface area contributed by atoms with Crippen LogP contribution in [0.3, 0.4) is 0 Å². The van der Waals surface area contributed by atoms with Gasteiger partial charge in [0, 0.05) is 51.5 Å². The molecule has 0 spiro atoms. The van der Waals surface area contributed by atoms with Crippen molar-refractivity contribution in [3.8, 4) is 0 Å². The van der Waals surface area contributed by atoms with E-state index in [-0.39, 0.29) is 43.8 Å². The zero-order valence-electron chi connectivity index (χ0n) is 26.4. The summed E-state index contributed by atoms with van der Waals surface area (Å²) in [5.74, 6) is -0.788. The van der Waals surface area contributed by atoms with Crippen LogP contribution in [-0.4, -0.2) is 82.2 Å². The fourth-order valence-electron chi connectivity index (χ4n) is 5.29. The van der Waals surface area contributed by atoms with Crippen LogP contribution >= 0.6 is 0 Å². The van der Waals surface area contributed by atoms with E-state index in [1.54, 1.807) is 13.0 Å². The minimum Gasteiger partial charge on any atom is -0.354 e. The second-order valence-electron chi connectivity index (χ2n) is 11.9. The smallest absolute Gasteiger partial charge is 0.251 e. The van der Waals surface area contributed by atoms with E-state index in [4.69, 9.17) is 4.98 Å². The zero-order chi connectivity index (χ0) is 32.5. The molecule has 2 aromatic carbocycles. The molecule has 4 rings (SSSR count). The van der Waals surface area contributed by atoms with Crippen LogP contribution in [0.15, 0.2) is 48.5 Å². The number of nitrogens with one attached hydrogen (secondary N) is 4. The molecule has 0 fully saturated rings. The number of imidazole rings is 1. The first-order valence-electron chi connectivity index (χ1n) is 15.5. The first kappa shape index (κ1) is 33.2. The number of nitrogens with zero attached hydrogens (tertiary/aromatic N) is 3. The molecule has 12 heteroatoms. The second-order valence-corrected chi connectivity index (χ2v) is 11.9. The van der Waals surface area contributed by atoms with Gasteiger partial charge in [0.15, 0.2) is 0 Å². The maximum atomic E-state index is 13.3. The normalized spacial score (nSPS) is 19.4. The summed E-state index contributed by atoms with van der Waals surface area (Å²) in [5.41, 5.74) is 2.87. The summed E-state index contributed by atoms with van der Waals surface area (Å²) in [6.45, 7) is 8.03. The van der Waals surface area contributed by atoms with Crippen molar-refractivity contribution in [2.24, 2.45) is 5.92 Å². The Morgan fingerprint density at radius 2 is 1.71 bits per heavy atom. The predicted octanol–water partition coefficient (Wildman–Crippen LogP) is 1.57. The fourth-order valence-corrected chi connectivity index (χ4v) is 5.29. The van der Waals surface area contributed by atoms with Gasteiger partial charge in [-0.25, -0.2) is 4.98 Å². The molecule has 2 heterocycles. The van der Waals surface area contributed by atoms with Crippen molar-refractivity contribution in [2.45, 2.75) is 65.6 Å². The lowest BCUT2D eigenvalue weighted by atomic mass is 10.0. The van der Waals surface area contributed by atoms with Crippen molar-refractivity contribution in [1.82, 2.24) is 35.7 Å². The molecule has 2 bridgehead atoms. The van der Waals surface area contributed by atoms with Crippen LogP contribution in [0, 0.1) is 5.92 Å². The lowest BCUT2D eigenvalue weighted by Crippen LogP contribution is -2.55. The van der Waals surface area contributed by atoms with Gasteiger partial charge in [0.1, 0.15) is 17.9 Å². The predicted molar refractivity (Wildman–Crippen MR) is 170 cm³/mol. The molecule has 240 valence electrons. The summed E-state index contributed by atoms with van der Waals surface area (Å²) in [6, 6.07) is 12.7. The first-order chi connectivity index (χ1) is 21.5. The van der Waals surface area contributed by atoms with E-state index in [9.17, 15) is 24.0 Å². The number of amides is 5. The SMILES string of the molecule is CC(=O)N1CCNC(=O)c2ccc3nc(CC(C)C)n(c3c2)CCCNC(=O)[C@@H](C)NC(=O)[C@H](Cc2ccccc2)NC(=O)C1. The molecule has 0 saturated carbocycles. The number of benzene rings is 2. The van der Waals surface area contributed by atoms with Gasteiger partial charge in [-0.05, 0) is 43.0 Å². The summed E-state index contributed by atoms with van der Waals surface area (Å²) in [5, 5.41) is 11.2. The highest BCUT2D eigenvalue weighted by Gasteiger charge is 2.26. The van der Waals surface area contributed by atoms with Gasteiger partial charge in [0.2, 0.25) is 23.6 Å². The van der Waals surface area contributed by atoms with Gasteiger partial charge < -0.3 is 30.7 Å². The van der Waals surface area contributed by atoms with Crippen molar-refractivity contribution in [3.05, 3.63) is 65.5 Å². The van der Waals surface area contributed by atoms with Gasteiger partial charge in [-0.3, -0.25) is 24.0 Å². The van der Waals surface area contributed by atoms with E-state index in [1.165, 1.54) is 11.8 Å². The Hall–Kier alpha value is -4.74. The van der Waals surface area contributed by atoms with Crippen molar-refractivity contribution in [3.63, 3.8) is 0 Å². The van der Waals surface area contributed by atoms with Gasteiger partial charge in [0.05, 0.1) is 17.6 Å². The Bertz CT molecular complexity index is 1530. The Balaban J connectivity index is 1.59. The maximum absolute atomic E-state index is 13.3. The standard InChI is InChI=1S/C33H43N7O5/c1-21(2)17-29-37-26-12-11-25-19-28(26)40(29)15-8-13-34-31(43)22(3)36-33(45)27(18-24-9-6-5-7-10-24)38-30(42)20-39(23(4)41)16-14-35-32(25)44/h5-7,9-12,19,21-22,27H,8,13-18,20H2,1-4H3,(H,34,43)(H,35,44)(H,36,45)(H,38,42)/t22-,27+/m1/s1. The minimum atomic E-state index is -0.980. The van der Waals surface area contributed by atoms with Crippen LogP contribution in [0.5, 0.6) is 0 Å². The molecule has 1 aliphatic heterocycles. The molecule has 45 heavy (non-hydrogen) atoms. The van der Waals surface area contributed by atoms with E-state index >= 15 is 0 Å². The van der Waals surface area contributed by atoms with Crippen molar-refractivity contribution in [1.29, 1.82) is 0 Å². The maximum Gasteiger partial charge on any atom is 0.251 e. The van der Waals surface area contributed by atoms with Crippen molar-refractivity contribution >= 4 is 40.6 Å². The van der Waals surface area contributed by atoms with Gasteiger partial charge in [-0.1, -0.05) is 44.2 Å². The second kappa shape index (κ2) is 15.3. The zero-order valence-corrected chi connectivity index (χ0v) is 26.4. The third kappa shape index (κ3) is 9.13. The number of rotatable bonds is 4. The molecule has 3 aromatic rings. The summed E-state index contributed by atoms with van der Waals surface area (Å²) in [4.78, 5) is 71.0. The average molecular weight is 618 g/mol. The Kier molecular flexibility index (Phi) is 11.3. The lowest BCUT2D eigenvalue weighted by Gasteiger charge is -2.24. The van der Waals surface area contributed by atoms with Crippen LogP contribution in [-0.2, 0) is 38.6 Å². The molecule has 2 atom stereocenters. The number of carbonyl (C=O) groups excluding carboxylic acids is 5. The summed E-state index contributed by atoms with van der Waals surface area (Å²) < 4.78 is 2.09. The number of hydrogen-bond donors (Lipinski definition) is 4. The Morgan fingerprint density at radius 1 is 0.956 bits per heavy atom. The van der Waals surface area contributed by atoms with Crippen LogP contribution in [0.4, 0.5) is 0 Å². The quantitative estimate of drug-likeness (QED) is 0.349.